The van der Waals surface area contributed by atoms with Crippen LogP contribution in [0.2, 0.25) is 0 Å². The molecule has 2 nitrogen and oxygen atoms in total. The summed E-state index contributed by atoms with van der Waals surface area (Å²) in [5.41, 5.74) is 1.48. The Labute approximate surface area is 99.1 Å². The largest absolute Gasteiger partial charge is 0.466 e. The van der Waals surface area contributed by atoms with Gasteiger partial charge >= 0.3 is 5.97 Å². The lowest BCUT2D eigenvalue weighted by Gasteiger charge is -2.07. The van der Waals surface area contributed by atoms with Crippen molar-refractivity contribution in [2.45, 2.75) is 64.7 Å². The second-order valence-corrected chi connectivity index (χ2v) is 4.68. The van der Waals surface area contributed by atoms with Crippen LogP contribution in [-0.2, 0) is 9.53 Å². The van der Waals surface area contributed by atoms with Crippen molar-refractivity contribution in [3.63, 3.8) is 0 Å². The normalized spacial score (nSPS) is 25.1. The number of rotatable bonds is 0. The summed E-state index contributed by atoms with van der Waals surface area (Å²) in [5.74, 6) is -0.0151. The summed E-state index contributed by atoms with van der Waals surface area (Å²) >= 11 is 0. The molecule has 0 saturated heterocycles. The Kier molecular flexibility index (Phi) is 6.95. The topological polar surface area (TPSA) is 26.3 Å². The van der Waals surface area contributed by atoms with Gasteiger partial charge in [-0.05, 0) is 45.4 Å². The van der Waals surface area contributed by atoms with E-state index >= 15 is 0 Å². The van der Waals surface area contributed by atoms with Crippen molar-refractivity contribution in [1.82, 2.24) is 0 Å². The first-order valence-electron chi connectivity index (χ1n) is 6.60. The highest BCUT2D eigenvalue weighted by molar-refractivity contribution is 5.69. The lowest BCUT2D eigenvalue weighted by Crippen LogP contribution is -2.05. The van der Waals surface area contributed by atoms with Crippen molar-refractivity contribution in [2.75, 3.05) is 6.61 Å². The van der Waals surface area contributed by atoms with Gasteiger partial charge < -0.3 is 4.74 Å². The minimum atomic E-state index is -0.0151. The molecule has 1 aliphatic rings. The summed E-state index contributed by atoms with van der Waals surface area (Å²) < 4.78 is 5.16. The zero-order valence-corrected chi connectivity index (χ0v) is 10.5. The minimum absolute atomic E-state index is 0.0151. The van der Waals surface area contributed by atoms with E-state index in [2.05, 4.69) is 13.0 Å². The second-order valence-electron chi connectivity index (χ2n) is 4.68. The van der Waals surface area contributed by atoms with Crippen LogP contribution in [0.3, 0.4) is 0 Å². The molecule has 0 spiro atoms. The van der Waals surface area contributed by atoms with Gasteiger partial charge in [-0.15, -0.1) is 0 Å². The summed E-state index contributed by atoms with van der Waals surface area (Å²) in [7, 11) is 0. The van der Waals surface area contributed by atoms with Crippen molar-refractivity contribution < 1.29 is 9.53 Å². The highest BCUT2D eigenvalue weighted by Gasteiger charge is 2.03. The van der Waals surface area contributed by atoms with Crippen LogP contribution in [0.1, 0.15) is 64.7 Å². The number of carbonyl (C=O) groups excluding carboxylic acids is 1. The van der Waals surface area contributed by atoms with E-state index in [4.69, 9.17) is 4.74 Å². The standard InChI is InChI=1S/C14H24O2/c1-13-9-5-3-2-4-8-12-16-14(15)11-7-6-10-13/h9H,2-8,10-12H2,1H3/b13-9+. The molecule has 0 aliphatic carbocycles. The second kappa shape index (κ2) is 8.37. The number of allylic oxidation sites excluding steroid dienone is 2. The number of hydrogen-bond donors (Lipinski definition) is 0. The smallest absolute Gasteiger partial charge is 0.305 e. The Hall–Kier alpha value is -0.790. The van der Waals surface area contributed by atoms with Crippen LogP contribution in [0.25, 0.3) is 0 Å². The van der Waals surface area contributed by atoms with Gasteiger partial charge in [-0.2, -0.15) is 0 Å². The number of ether oxygens (including phenoxy) is 1. The molecule has 16 heavy (non-hydrogen) atoms. The van der Waals surface area contributed by atoms with Gasteiger partial charge in [0.2, 0.25) is 0 Å². The van der Waals surface area contributed by atoms with Crippen LogP contribution in [0, 0.1) is 0 Å². The molecular weight excluding hydrogens is 200 g/mol. The lowest BCUT2D eigenvalue weighted by molar-refractivity contribution is -0.143. The van der Waals surface area contributed by atoms with Crippen LogP contribution >= 0.6 is 0 Å². The molecule has 1 aliphatic heterocycles. The summed E-state index contributed by atoms with van der Waals surface area (Å²) in [5, 5.41) is 0. The molecule has 0 amide bonds. The van der Waals surface area contributed by atoms with Crippen LogP contribution in [0.5, 0.6) is 0 Å². The first-order chi connectivity index (χ1) is 7.79. The van der Waals surface area contributed by atoms with Crippen LogP contribution < -0.4 is 0 Å². The van der Waals surface area contributed by atoms with Crippen molar-refractivity contribution in [2.24, 2.45) is 0 Å². The zero-order valence-electron chi connectivity index (χ0n) is 10.5. The third kappa shape index (κ3) is 6.65. The molecular formula is C14H24O2. The van der Waals surface area contributed by atoms with Crippen LogP contribution in [0.4, 0.5) is 0 Å². The molecule has 0 N–H and O–H groups in total. The highest BCUT2D eigenvalue weighted by Crippen LogP contribution is 2.13. The van der Waals surface area contributed by atoms with Crippen LogP contribution in [-0.4, -0.2) is 12.6 Å². The van der Waals surface area contributed by atoms with Gasteiger partial charge in [0.1, 0.15) is 0 Å². The van der Waals surface area contributed by atoms with Crippen molar-refractivity contribution in [3.05, 3.63) is 11.6 Å². The fourth-order valence-corrected chi connectivity index (χ4v) is 1.98. The Bertz CT molecular complexity index is 231. The molecule has 0 aromatic rings. The summed E-state index contributed by atoms with van der Waals surface area (Å²) in [6.45, 7) is 2.82. The summed E-state index contributed by atoms with van der Waals surface area (Å²) in [6.07, 6.45) is 12.1. The fraction of sp³-hybridized carbons (Fsp3) is 0.786. The molecule has 0 aromatic carbocycles. The molecule has 0 saturated carbocycles. The predicted octanol–water partition coefficient (Wildman–Crippen LogP) is 4.00. The van der Waals surface area contributed by atoms with Gasteiger partial charge in [0.05, 0.1) is 6.61 Å². The highest BCUT2D eigenvalue weighted by atomic mass is 16.5. The average Bonchev–Trinajstić information content (AvgIpc) is 2.27. The molecule has 0 aromatic heterocycles. The number of carbonyl (C=O) groups is 1. The molecule has 0 radical (unpaired) electrons. The third-order valence-corrected chi connectivity index (χ3v) is 3.06. The zero-order chi connectivity index (χ0) is 11.6. The summed E-state index contributed by atoms with van der Waals surface area (Å²) in [4.78, 5) is 11.3. The van der Waals surface area contributed by atoms with E-state index in [0.29, 0.717) is 13.0 Å². The molecule has 92 valence electrons. The van der Waals surface area contributed by atoms with Crippen molar-refractivity contribution >= 4 is 5.97 Å². The Morgan fingerprint density at radius 1 is 1.00 bits per heavy atom. The summed E-state index contributed by atoms with van der Waals surface area (Å²) in [6, 6.07) is 0. The first-order valence-corrected chi connectivity index (χ1v) is 6.60. The van der Waals surface area contributed by atoms with E-state index in [1.165, 1.54) is 31.3 Å². The minimum Gasteiger partial charge on any atom is -0.466 e. The first kappa shape index (κ1) is 13.3. The van der Waals surface area contributed by atoms with Gasteiger partial charge in [-0.1, -0.05) is 24.5 Å². The Balaban J connectivity index is 2.31. The molecule has 2 heteroatoms. The Morgan fingerprint density at radius 3 is 2.62 bits per heavy atom. The number of esters is 1. The number of hydrogen-bond acceptors (Lipinski definition) is 2. The fourth-order valence-electron chi connectivity index (χ4n) is 1.98. The molecule has 0 bridgehead atoms. The van der Waals surface area contributed by atoms with Gasteiger partial charge in [-0.25, -0.2) is 0 Å². The maximum Gasteiger partial charge on any atom is 0.305 e. The van der Waals surface area contributed by atoms with Crippen molar-refractivity contribution in [3.8, 4) is 0 Å². The van der Waals surface area contributed by atoms with E-state index in [-0.39, 0.29) is 5.97 Å². The maximum absolute atomic E-state index is 11.3. The molecule has 0 fully saturated rings. The van der Waals surface area contributed by atoms with Gasteiger partial charge in [0.15, 0.2) is 0 Å². The predicted molar refractivity (Wildman–Crippen MR) is 66.3 cm³/mol. The van der Waals surface area contributed by atoms with E-state index < -0.39 is 0 Å². The van der Waals surface area contributed by atoms with E-state index in [1.807, 2.05) is 0 Å². The monoisotopic (exact) mass is 224 g/mol. The molecule has 1 rings (SSSR count). The average molecular weight is 224 g/mol. The van der Waals surface area contributed by atoms with E-state index in [9.17, 15) is 4.79 Å². The maximum atomic E-state index is 11.3. The van der Waals surface area contributed by atoms with Crippen LogP contribution in [0.15, 0.2) is 11.6 Å². The van der Waals surface area contributed by atoms with E-state index in [0.717, 1.165) is 25.7 Å². The molecule has 0 unspecified atom stereocenters. The van der Waals surface area contributed by atoms with Gasteiger partial charge in [-0.3, -0.25) is 4.79 Å². The van der Waals surface area contributed by atoms with Gasteiger partial charge in [0.25, 0.3) is 0 Å². The molecule has 0 atom stereocenters. The quantitative estimate of drug-likeness (QED) is 0.459. The lowest BCUT2D eigenvalue weighted by atomic mass is 10.1. The van der Waals surface area contributed by atoms with Gasteiger partial charge in [0, 0.05) is 6.42 Å². The Morgan fingerprint density at radius 2 is 1.75 bits per heavy atom. The van der Waals surface area contributed by atoms with E-state index in [1.54, 1.807) is 0 Å². The number of cyclic esters (lactones) is 1. The SMILES string of the molecule is C/C1=C\CCCCCCOC(=O)CCCC1. The molecule has 1 heterocycles. The van der Waals surface area contributed by atoms with Crippen molar-refractivity contribution in [1.29, 1.82) is 0 Å². The third-order valence-electron chi connectivity index (χ3n) is 3.06.